The summed E-state index contributed by atoms with van der Waals surface area (Å²) in [5.74, 6) is 2.66. The SMILES string of the molecule is Cc1nn(C2CCC(=O)NC2=O)c2cccc(C3=CCN[C@H](CC4CCC(CN5CCNC[C@H]5c5ccc([C@@H]6c7ccc(OCc8ccccc8)cc7CC[C@@H]6c6ccccc6)cc5)CC4)C3)c12. The van der Waals surface area contributed by atoms with E-state index in [9.17, 15) is 9.59 Å². The van der Waals surface area contributed by atoms with Gasteiger partial charge >= 0.3 is 0 Å². The highest BCUT2D eigenvalue weighted by Gasteiger charge is 2.35. The van der Waals surface area contributed by atoms with Crippen LogP contribution in [0, 0.1) is 18.8 Å². The fraction of sp³-hybridized carbons (Fsp3) is 0.407. The topological polar surface area (TPSA) is 101 Å². The standard InChI is InChI=1S/C59H66N6O3/c1-39-57-50(13-8-14-53(57)65(63-39)54-27-28-56(66)62-59(54)67)47-29-30-61-48(34-47)33-40-15-17-41(18-16-40)37-64-32-31-60-36-55(64)44-19-21-45(22-20-44)58-51(43-11-6-3-7-12-43)25-23-46-35-49(24-26-52(46)58)68-38-42-9-4-2-5-10-42/h2-14,19-22,24,26,29,35,40-41,48,51,54-55,58,60-61H,15-18,23,25,27-28,30-34,36-38H2,1H3,(H,62,66,67)/t40?,41?,48-,51-,54?,55+,58+/m1/s1. The molecule has 6 aromatic rings. The number of imide groups is 1. The molecule has 9 nitrogen and oxygen atoms in total. The number of nitrogens with one attached hydrogen (secondary N) is 3. The van der Waals surface area contributed by atoms with E-state index >= 15 is 0 Å². The predicted molar refractivity (Wildman–Crippen MR) is 271 cm³/mol. The lowest BCUT2D eigenvalue weighted by molar-refractivity contribution is -0.135. The molecule has 0 spiro atoms. The first kappa shape index (κ1) is 44.6. The molecule has 0 radical (unpaired) electrons. The van der Waals surface area contributed by atoms with Gasteiger partial charge in [-0.1, -0.05) is 122 Å². The van der Waals surface area contributed by atoms with Gasteiger partial charge in [-0.2, -0.15) is 5.10 Å². The molecule has 3 N–H and O–H groups in total. The van der Waals surface area contributed by atoms with Gasteiger partial charge in [-0.15, -0.1) is 0 Å². The maximum Gasteiger partial charge on any atom is 0.251 e. The molecule has 3 fully saturated rings. The molecule has 2 aliphatic carbocycles. The highest BCUT2D eigenvalue weighted by Crippen LogP contribution is 2.47. The molecule has 1 unspecified atom stereocenters. The van der Waals surface area contributed by atoms with Crippen LogP contribution >= 0.6 is 0 Å². The molecule has 9 heteroatoms. The van der Waals surface area contributed by atoms with Crippen molar-refractivity contribution in [1.82, 2.24) is 30.6 Å². The lowest BCUT2D eigenvalue weighted by atomic mass is 9.69. The number of piperazine rings is 1. The fourth-order valence-corrected chi connectivity index (χ4v) is 12.7. The van der Waals surface area contributed by atoms with E-state index in [0.717, 1.165) is 79.6 Å². The highest BCUT2D eigenvalue weighted by molar-refractivity contribution is 6.01. The van der Waals surface area contributed by atoms with Gasteiger partial charge in [-0.05, 0) is 132 Å². The number of rotatable bonds is 12. The van der Waals surface area contributed by atoms with Crippen LogP contribution < -0.4 is 20.7 Å². The van der Waals surface area contributed by atoms with E-state index in [1.54, 1.807) is 0 Å². The number of carbonyl (C=O) groups excluding carboxylic acids is 2. The second-order valence-corrected chi connectivity index (χ2v) is 20.4. The highest BCUT2D eigenvalue weighted by atomic mass is 16.5. The summed E-state index contributed by atoms with van der Waals surface area (Å²) in [7, 11) is 0. The number of carbonyl (C=O) groups is 2. The first-order valence-electron chi connectivity index (χ1n) is 25.5. The molecule has 5 aromatic carbocycles. The third-order valence-electron chi connectivity index (χ3n) is 16.1. The smallest absolute Gasteiger partial charge is 0.251 e. The van der Waals surface area contributed by atoms with Gasteiger partial charge in [-0.25, -0.2) is 0 Å². The summed E-state index contributed by atoms with van der Waals surface area (Å²) in [4.78, 5) is 27.5. The number of aryl methyl sites for hydroxylation is 2. The van der Waals surface area contributed by atoms with E-state index in [2.05, 4.69) is 148 Å². The quantitative estimate of drug-likeness (QED) is 0.105. The van der Waals surface area contributed by atoms with Crippen molar-refractivity contribution in [3.63, 3.8) is 0 Å². The Bertz CT molecular complexity index is 2760. The molecular weight excluding hydrogens is 841 g/mol. The molecule has 5 aliphatic rings. The van der Waals surface area contributed by atoms with Crippen LogP contribution in [0.5, 0.6) is 5.75 Å². The monoisotopic (exact) mass is 907 g/mol. The molecule has 3 aliphatic heterocycles. The average molecular weight is 907 g/mol. The number of nitrogens with zero attached hydrogens (tertiary/aromatic N) is 3. The third kappa shape index (κ3) is 9.45. The van der Waals surface area contributed by atoms with Crippen LogP contribution in [0.15, 0.2) is 127 Å². The van der Waals surface area contributed by atoms with Crippen molar-refractivity contribution in [2.24, 2.45) is 11.8 Å². The van der Waals surface area contributed by atoms with Gasteiger partial charge in [0.05, 0.1) is 11.2 Å². The number of amides is 2. The Morgan fingerprint density at radius 2 is 1.53 bits per heavy atom. The molecule has 68 heavy (non-hydrogen) atoms. The maximum atomic E-state index is 12.8. The van der Waals surface area contributed by atoms with Crippen LogP contribution in [0.1, 0.15) is 126 Å². The Morgan fingerprint density at radius 1 is 0.750 bits per heavy atom. The zero-order valence-electron chi connectivity index (χ0n) is 39.5. The summed E-state index contributed by atoms with van der Waals surface area (Å²) < 4.78 is 8.16. The zero-order chi connectivity index (χ0) is 46.0. The molecule has 0 bridgehead atoms. The minimum atomic E-state index is -0.463. The van der Waals surface area contributed by atoms with E-state index in [-0.39, 0.29) is 17.7 Å². The first-order chi connectivity index (χ1) is 33.4. The van der Waals surface area contributed by atoms with Crippen molar-refractivity contribution >= 4 is 28.3 Å². The molecule has 4 heterocycles. The summed E-state index contributed by atoms with van der Waals surface area (Å²) in [6, 6.07) is 44.9. The van der Waals surface area contributed by atoms with Crippen molar-refractivity contribution in [3.05, 3.63) is 172 Å². The second-order valence-electron chi connectivity index (χ2n) is 20.4. The van der Waals surface area contributed by atoms with Crippen molar-refractivity contribution in [2.45, 2.75) is 108 Å². The van der Waals surface area contributed by atoms with Crippen LogP contribution in [0.4, 0.5) is 0 Å². The van der Waals surface area contributed by atoms with Gasteiger partial charge in [0.25, 0.3) is 5.91 Å². The Morgan fingerprint density at radius 3 is 2.34 bits per heavy atom. The fourth-order valence-electron chi connectivity index (χ4n) is 12.7. The van der Waals surface area contributed by atoms with E-state index in [4.69, 9.17) is 9.84 Å². The Kier molecular flexibility index (Phi) is 13.1. The zero-order valence-corrected chi connectivity index (χ0v) is 39.5. The summed E-state index contributed by atoms with van der Waals surface area (Å²) in [6.07, 6.45) is 12.7. The van der Waals surface area contributed by atoms with Crippen LogP contribution in [0.2, 0.25) is 0 Å². The molecule has 1 aromatic heterocycles. The van der Waals surface area contributed by atoms with E-state index in [0.29, 0.717) is 37.5 Å². The molecule has 2 saturated heterocycles. The number of piperidine rings is 1. The van der Waals surface area contributed by atoms with Gasteiger partial charge in [0, 0.05) is 62.5 Å². The molecular formula is C59H66N6O3. The van der Waals surface area contributed by atoms with Crippen LogP contribution in [-0.2, 0) is 22.6 Å². The lowest BCUT2D eigenvalue weighted by Crippen LogP contribution is -2.48. The van der Waals surface area contributed by atoms with Gasteiger partial charge in [0.2, 0.25) is 5.91 Å². The number of hydrogen-bond acceptors (Lipinski definition) is 7. The molecule has 5 atom stereocenters. The molecule has 2 amide bonds. The number of aromatic nitrogens is 2. The number of ether oxygens (including phenoxy) is 1. The van der Waals surface area contributed by atoms with Crippen LogP contribution in [0.3, 0.4) is 0 Å². The van der Waals surface area contributed by atoms with Crippen molar-refractivity contribution in [3.8, 4) is 5.75 Å². The number of fused-ring (bicyclic) bond motifs is 2. The van der Waals surface area contributed by atoms with Crippen molar-refractivity contribution in [1.29, 1.82) is 0 Å². The van der Waals surface area contributed by atoms with E-state index < -0.39 is 6.04 Å². The predicted octanol–water partition coefficient (Wildman–Crippen LogP) is 10.4. The second kappa shape index (κ2) is 20.0. The Balaban J connectivity index is 0.724. The average Bonchev–Trinajstić information content (AvgIpc) is 3.72. The van der Waals surface area contributed by atoms with Crippen molar-refractivity contribution < 1.29 is 14.3 Å². The summed E-state index contributed by atoms with van der Waals surface area (Å²) in [6.45, 7) is 7.79. The maximum absolute atomic E-state index is 12.8. The Hall–Kier alpha value is -5.87. The van der Waals surface area contributed by atoms with Gasteiger partial charge in [-0.3, -0.25) is 24.5 Å². The minimum Gasteiger partial charge on any atom is -0.489 e. The molecule has 350 valence electrons. The molecule has 11 rings (SSSR count). The number of benzene rings is 5. The first-order valence-corrected chi connectivity index (χ1v) is 25.5. The van der Waals surface area contributed by atoms with Crippen LogP contribution in [0.25, 0.3) is 16.5 Å². The Labute approximate surface area is 401 Å². The lowest BCUT2D eigenvalue weighted by Gasteiger charge is -2.41. The number of hydrogen-bond donors (Lipinski definition) is 3. The molecule has 1 saturated carbocycles. The van der Waals surface area contributed by atoms with E-state index in [1.807, 2.05) is 11.6 Å². The largest absolute Gasteiger partial charge is 0.489 e. The minimum absolute atomic E-state index is 0.203. The van der Waals surface area contributed by atoms with Gasteiger partial charge in [0.1, 0.15) is 18.4 Å². The summed E-state index contributed by atoms with van der Waals surface area (Å²) in [5, 5.41) is 16.1. The van der Waals surface area contributed by atoms with Gasteiger partial charge < -0.3 is 15.4 Å². The van der Waals surface area contributed by atoms with Crippen molar-refractivity contribution in [2.75, 3.05) is 32.7 Å². The summed E-state index contributed by atoms with van der Waals surface area (Å²) in [5.41, 5.74) is 12.8. The van der Waals surface area contributed by atoms with E-state index in [1.165, 1.54) is 83.2 Å². The normalized spacial score (nSPS) is 25.7. The summed E-state index contributed by atoms with van der Waals surface area (Å²) >= 11 is 0. The third-order valence-corrected chi connectivity index (χ3v) is 16.1. The van der Waals surface area contributed by atoms with Gasteiger partial charge in [0.15, 0.2) is 0 Å². The van der Waals surface area contributed by atoms with Crippen LogP contribution in [-0.4, -0.2) is 65.3 Å².